The average Bonchev–Trinajstić information content (AvgIpc) is 2.57. The van der Waals surface area contributed by atoms with Crippen molar-refractivity contribution < 1.29 is 4.79 Å². The molecule has 3 rings (SSSR count). The fraction of sp³-hybridized carbons (Fsp3) is 0.0526. The van der Waals surface area contributed by atoms with Gasteiger partial charge in [0.2, 0.25) is 0 Å². The summed E-state index contributed by atoms with van der Waals surface area (Å²) in [5, 5.41) is 6.07. The van der Waals surface area contributed by atoms with Gasteiger partial charge in [-0.25, -0.2) is 4.98 Å². The van der Waals surface area contributed by atoms with E-state index in [0.29, 0.717) is 11.4 Å². The minimum absolute atomic E-state index is 0.168. The Kier molecular flexibility index (Phi) is 4.91. The molecule has 0 saturated heterocycles. The van der Waals surface area contributed by atoms with Gasteiger partial charge >= 0.3 is 0 Å². The van der Waals surface area contributed by atoms with E-state index in [9.17, 15) is 4.79 Å². The van der Waals surface area contributed by atoms with Gasteiger partial charge in [0.05, 0.1) is 0 Å². The first-order valence-corrected chi connectivity index (χ1v) is 8.26. The Balaban J connectivity index is 1.74. The van der Waals surface area contributed by atoms with E-state index in [-0.39, 0.29) is 5.91 Å². The summed E-state index contributed by atoms with van der Waals surface area (Å²) in [5.74, 6) is 0.447. The second kappa shape index (κ2) is 7.27. The lowest BCUT2D eigenvalue weighted by Crippen LogP contribution is -2.12. The number of benzene rings is 2. The van der Waals surface area contributed by atoms with Gasteiger partial charge in [-0.05, 0) is 49.4 Å². The van der Waals surface area contributed by atoms with Gasteiger partial charge < -0.3 is 10.6 Å². The number of nitrogens with zero attached hydrogens (tertiary/aromatic N) is 1. The number of carbonyl (C=O) groups excluding carboxylic acids is 1. The Morgan fingerprint density at radius 1 is 1.00 bits per heavy atom. The van der Waals surface area contributed by atoms with Crippen LogP contribution < -0.4 is 10.6 Å². The number of amides is 1. The van der Waals surface area contributed by atoms with Crippen LogP contribution in [0.15, 0.2) is 71.3 Å². The van der Waals surface area contributed by atoms with E-state index in [4.69, 9.17) is 0 Å². The van der Waals surface area contributed by atoms with Crippen LogP contribution in [0.3, 0.4) is 0 Å². The van der Waals surface area contributed by atoms with E-state index in [0.717, 1.165) is 21.4 Å². The van der Waals surface area contributed by atoms with Gasteiger partial charge in [-0.15, -0.1) is 0 Å². The average molecular weight is 382 g/mol. The summed E-state index contributed by atoms with van der Waals surface area (Å²) in [5.41, 5.74) is 3.36. The minimum atomic E-state index is -0.168. The van der Waals surface area contributed by atoms with Gasteiger partial charge in [0, 0.05) is 27.6 Å². The molecule has 0 fully saturated rings. The molecule has 0 spiro atoms. The molecule has 2 aromatic carbocycles. The Labute approximate surface area is 149 Å². The second-order valence-corrected chi connectivity index (χ2v) is 6.30. The third-order valence-corrected chi connectivity index (χ3v) is 3.92. The molecule has 1 heterocycles. The topological polar surface area (TPSA) is 54.0 Å². The van der Waals surface area contributed by atoms with Gasteiger partial charge in [-0.1, -0.05) is 39.7 Å². The summed E-state index contributed by atoms with van der Waals surface area (Å²) in [7, 11) is 0. The molecule has 0 unspecified atom stereocenters. The Morgan fingerprint density at radius 2 is 1.79 bits per heavy atom. The fourth-order valence-corrected chi connectivity index (χ4v) is 2.59. The van der Waals surface area contributed by atoms with Crippen molar-refractivity contribution in [1.82, 2.24) is 4.98 Å². The van der Waals surface area contributed by atoms with Gasteiger partial charge in [0.25, 0.3) is 5.91 Å². The largest absolute Gasteiger partial charge is 0.340 e. The molecule has 2 N–H and O–H groups in total. The predicted molar refractivity (Wildman–Crippen MR) is 101 cm³/mol. The molecule has 1 amide bonds. The van der Waals surface area contributed by atoms with Crippen molar-refractivity contribution >= 4 is 39.0 Å². The molecule has 0 aliphatic heterocycles. The monoisotopic (exact) mass is 381 g/mol. The first-order valence-electron chi connectivity index (χ1n) is 7.47. The number of aromatic nitrogens is 1. The zero-order valence-electron chi connectivity index (χ0n) is 13.1. The maximum absolute atomic E-state index is 12.4. The van der Waals surface area contributed by atoms with Crippen LogP contribution in [0.2, 0.25) is 0 Å². The van der Waals surface area contributed by atoms with E-state index in [1.165, 1.54) is 0 Å². The lowest BCUT2D eigenvalue weighted by Gasteiger charge is -2.09. The lowest BCUT2D eigenvalue weighted by atomic mass is 10.2. The smallest absolute Gasteiger partial charge is 0.255 e. The molecule has 1 aromatic heterocycles. The van der Waals surface area contributed by atoms with Crippen molar-refractivity contribution in [2.24, 2.45) is 0 Å². The highest BCUT2D eigenvalue weighted by Gasteiger charge is 2.08. The van der Waals surface area contributed by atoms with Gasteiger partial charge in [-0.3, -0.25) is 4.79 Å². The number of rotatable bonds is 4. The highest BCUT2D eigenvalue weighted by atomic mass is 79.9. The quantitative estimate of drug-likeness (QED) is 0.656. The first kappa shape index (κ1) is 16.2. The summed E-state index contributed by atoms with van der Waals surface area (Å²) < 4.78 is 0.973. The standard InChI is InChI=1S/C19H16BrN3O/c1-13-5-7-16(8-6-13)23-19(24)14-9-10-21-18(11-14)22-17-4-2-3-15(20)12-17/h2-12H,1H3,(H,21,22)(H,23,24). The van der Waals surface area contributed by atoms with Crippen LogP contribution in [0.5, 0.6) is 0 Å². The number of nitrogens with one attached hydrogen (secondary N) is 2. The normalized spacial score (nSPS) is 10.2. The van der Waals surface area contributed by atoms with Gasteiger partial charge in [-0.2, -0.15) is 0 Å². The Morgan fingerprint density at radius 3 is 2.54 bits per heavy atom. The van der Waals surface area contributed by atoms with Crippen LogP contribution in [0.4, 0.5) is 17.2 Å². The van der Waals surface area contributed by atoms with E-state index >= 15 is 0 Å². The number of hydrogen-bond acceptors (Lipinski definition) is 3. The van der Waals surface area contributed by atoms with Crippen molar-refractivity contribution in [3.63, 3.8) is 0 Å². The number of anilines is 3. The molecule has 4 nitrogen and oxygen atoms in total. The first-order chi connectivity index (χ1) is 11.6. The van der Waals surface area contributed by atoms with E-state index in [1.807, 2.05) is 55.5 Å². The third kappa shape index (κ3) is 4.20. The molecule has 0 bridgehead atoms. The van der Waals surface area contributed by atoms with Crippen molar-refractivity contribution in [2.45, 2.75) is 6.92 Å². The van der Waals surface area contributed by atoms with Crippen LogP contribution in [0, 0.1) is 6.92 Å². The minimum Gasteiger partial charge on any atom is -0.340 e. The van der Waals surface area contributed by atoms with Crippen LogP contribution in [-0.4, -0.2) is 10.9 Å². The fourth-order valence-electron chi connectivity index (χ4n) is 2.19. The van der Waals surface area contributed by atoms with Crippen molar-refractivity contribution in [3.05, 3.63) is 82.5 Å². The highest BCUT2D eigenvalue weighted by molar-refractivity contribution is 9.10. The van der Waals surface area contributed by atoms with Crippen molar-refractivity contribution in [3.8, 4) is 0 Å². The zero-order valence-corrected chi connectivity index (χ0v) is 14.7. The number of hydrogen-bond donors (Lipinski definition) is 2. The third-order valence-electron chi connectivity index (χ3n) is 3.43. The molecular weight excluding hydrogens is 366 g/mol. The highest BCUT2D eigenvalue weighted by Crippen LogP contribution is 2.20. The second-order valence-electron chi connectivity index (χ2n) is 5.39. The SMILES string of the molecule is Cc1ccc(NC(=O)c2ccnc(Nc3cccc(Br)c3)c2)cc1. The Bertz CT molecular complexity index is 862. The maximum atomic E-state index is 12.4. The van der Waals surface area contributed by atoms with Crippen LogP contribution in [0.1, 0.15) is 15.9 Å². The summed E-state index contributed by atoms with van der Waals surface area (Å²) >= 11 is 3.43. The van der Waals surface area contributed by atoms with Gasteiger partial charge in [0.15, 0.2) is 0 Å². The summed E-state index contributed by atoms with van der Waals surface area (Å²) in [6.07, 6.45) is 1.62. The number of halogens is 1. The lowest BCUT2D eigenvalue weighted by molar-refractivity contribution is 0.102. The van der Waals surface area contributed by atoms with Crippen molar-refractivity contribution in [1.29, 1.82) is 0 Å². The number of pyridine rings is 1. The summed E-state index contributed by atoms with van der Waals surface area (Å²) in [6.45, 7) is 2.01. The molecule has 0 atom stereocenters. The van der Waals surface area contributed by atoms with E-state index in [2.05, 4.69) is 31.5 Å². The Hall–Kier alpha value is -2.66. The molecule has 0 aliphatic carbocycles. The van der Waals surface area contributed by atoms with E-state index < -0.39 is 0 Å². The molecule has 24 heavy (non-hydrogen) atoms. The van der Waals surface area contributed by atoms with Crippen molar-refractivity contribution in [2.75, 3.05) is 10.6 Å². The van der Waals surface area contributed by atoms with Crippen LogP contribution in [0.25, 0.3) is 0 Å². The maximum Gasteiger partial charge on any atom is 0.255 e. The summed E-state index contributed by atoms with van der Waals surface area (Å²) in [4.78, 5) is 16.6. The predicted octanol–water partition coefficient (Wildman–Crippen LogP) is 5.15. The van der Waals surface area contributed by atoms with Crippen LogP contribution in [-0.2, 0) is 0 Å². The molecule has 0 radical (unpaired) electrons. The zero-order chi connectivity index (χ0) is 16.9. The molecule has 3 aromatic rings. The molecule has 120 valence electrons. The van der Waals surface area contributed by atoms with E-state index in [1.54, 1.807) is 18.3 Å². The molecule has 0 aliphatic rings. The number of aryl methyl sites for hydroxylation is 1. The van der Waals surface area contributed by atoms with Gasteiger partial charge in [0.1, 0.15) is 5.82 Å². The molecular formula is C19H16BrN3O. The summed E-state index contributed by atoms with van der Waals surface area (Å²) in [6, 6.07) is 18.9. The van der Waals surface area contributed by atoms with Crippen LogP contribution >= 0.6 is 15.9 Å². The number of carbonyl (C=O) groups is 1. The molecule has 0 saturated carbocycles. The molecule has 5 heteroatoms.